The van der Waals surface area contributed by atoms with E-state index in [1.165, 1.54) is 0 Å². The number of aryl methyl sites for hydroxylation is 1. The lowest BCUT2D eigenvalue weighted by Gasteiger charge is -2.11. The summed E-state index contributed by atoms with van der Waals surface area (Å²) in [6, 6.07) is 2.08. The van der Waals surface area contributed by atoms with Crippen molar-refractivity contribution in [3.05, 3.63) is 23.5 Å². The zero-order valence-corrected chi connectivity index (χ0v) is 13.6. The van der Waals surface area contributed by atoms with Crippen LogP contribution in [-0.2, 0) is 0 Å². The zero-order valence-electron chi connectivity index (χ0n) is 13.6. The summed E-state index contributed by atoms with van der Waals surface area (Å²) in [5, 5.41) is 8.17. The minimum atomic E-state index is -0.0729. The number of nitrogens with one attached hydrogen (secondary N) is 1. The van der Waals surface area contributed by atoms with Gasteiger partial charge in [0.05, 0.1) is 23.2 Å². The number of amides is 1. The van der Waals surface area contributed by atoms with Gasteiger partial charge in [0.25, 0.3) is 5.91 Å². The van der Waals surface area contributed by atoms with Gasteiger partial charge < -0.3 is 11.1 Å². The molecule has 0 saturated heterocycles. The number of pyridine rings is 1. The van der Waals surface area contributed by atoms with E-state index < -0.39 is 0 Å². The first-order chi connectivity index (χ1) is 10.6. The molecule has 2 aromatic rings. The van der Waals surface area contributed by atoms with E-state index in [0.717, 1.165) is 36.0 Å². The van der Waals surface area contributed by atoms with Crippen molar-refractivity contribution in [1.29, 1.82) is 0 Å². The number of aromatic nitrogens is 3. The largest absolute Gasteiger partial charge is 0.352 e. The maximum absolute atomic E-state index is 12.4. The molecule has 2 heterocycles. The van der Waals surface area contributed by atoms with Crippen molar-refractivity contribution in [2.75, 3.05) is 13.1 Å². The molecule has 22 heavy (non-hydrogen) atoms. The fraction of sp³-hybridized carbons (Fsp3) is 0.562. The van der Waals surface area contributed by atoms with E-state index in [-0.39, 0.29) is 11.9 Å². The van der Waals surface area contributed by atoms with Gasteiger partial charge in [-0.05, 0) is 45.7 Å². The van der Waals surface area contributed by atoms with Crippen molar-refractivity contribution in [3.8, 4) is 0 Å². The highest BCUT2D eigenvalue weighted by atomic mass is 16.1. The Bertz CT molecular complexity index is 649. The van der Waals surface area contributed by atoms with E-state index >= 15 is 0 Å². The highest BCUT2D eigenvalue weighted by molar-refractivity contribution is 6.05. The first kappa shape index (κ1) is 16.4. The van der Waals surface area contributed by atoms with Crippen LogP contribution in [0.2, 0.25) is 0 Å². The normalized spacial score (nSPS) is 12.5. The highest BCUT2D eigenvalue weighted by Gasteiger charge is 2.17. The number of fused-ring (bicyclic) bond motifs is 1. The van der Waals surface area contributed by atoms with Gasteiger partial charge in [-0.15, -0.1) is 0 Å². The molecule has 0 radical (unpaired) electrons. The van der Waals surface area contributed by atoms with Gasteiger partial charge in [0.1, 0.15) is 0 Å². The number of nitrogens with two attached hydrogens (primary N) is 1. The quantitative estimate of drug-likeness (QED) is 0.768. The minimum absolute atomic E-state index is 0.0729. The summed E-state index contributed by atoms with van der Waals surface area (Å²) in [6.45, 7) is 7.40. The lowest BCUT2D eigenvalue weighted by atomic mass is 10.1. The highest BCUT2D eigenvalue weighted by Crippen LogP contribution is 2.22. The van der Waals surface area contributed by atoms with Crippen LogP contribution in [0.4, 0.5) is 0 Å². The molecule has 0 saturated carbocycles. The number of hydrogen-bond acceptors (Lipinski definition) is 4. The summed E-state index contributed by atoms with van der Waals surface area (Å²) < 4.78 is 1.90. The maximum Gasteiger partial charge on any atom is 0.252 e. The Balaban J connectivity index is 2.30. The molecule has 1 amide bonds. The Kier molecular flexibility index (Phi) is 5.49. The Morgan fingerprint density at radius 3 is 2.91 bits per heavy atom. The molecule has 0 aliphatic heterocycles. The Hall–Kier alpha value is -1.95. The van der Waals surface area contributed by atoms with Crippen molar-refractivity contribution in [2.45, 2.75) is 46.1 Å². The van der Waals surface area contributed by atoms with Gasteiger partial charge in [0, 0.05) is 12.2 Å². The molecule has 0 aliphatic rings. The van der Waals surface area contributed by atoms with Gasteiger partial charge in [-0.25, -0.2) is 9.67 Å². The minimum Gasteiger partial charge on any atom is -0.352 e. The second kappa shape index (κ2) is 7.35. The van der Waals surface area contributed by atoms with Gasteiger partial charge >= 0.3 is 0 Å². The molecule has 0 aromatic carbocycles. The van der Waals surface area contributed by atoms with Crippen LogP contribution in [-0.4, -0.2) is 33.8 Å². The van der Waals surface area contributed by atoms with Crippen LogP contribution in [0.1, 0.15) is 55.2 Å². The average molecular weight is 303 g/mol. The van der Waals surface area contributed by atoms with Gasteiger partial charge in [-0.3, -0.25) is 4.79 Å². The molecule has 1 unspecified atom stereocenters. The molecule has 3 N–H and O–H groups in total. The van der Waals surface area contributed by atoms with Crippen molar-refractivity contribution in [1.82, 2.24) is 20.1 Å². The predicted octanol–water partition coefficient (Wildman–Crippen LogP) is 2.18. The van der Waals surface area contributed by atoms with E-state index in [4.69, 9.17) is 5.73 Å². The van der Waals surface area contributed by atoms with Gasteiger partial charge in [0.15, 0.2) is 5.65 Å². The first-order valence-corrected chi connectivity index (χ1v) is 7.91. The van der Waals surface area contributed by atoms with Gasteiger partial charge in [-0.1, -0.05) is 6.92 Å². The van der Waals surface area contributed by atoms with Crippen LogP contribution in [0.15, 0.2) is 12.3 Å². The molecule has 120 valence electrons. The third kappa shape index (κ3) is 3.44. The average Bonchev–Trinajstić information content (AvgIpc) is 2.93. The molecule has 0 aliphatic carbocycles. The summed E-state index contributed by atoms with van der Waals surface area (Å²) in [4.78, 5) is 17.0. The summed E-state index contributed by atoms with van der Waals surface area (Å²) >= 11 is 0. The van der Waals surface area contributed by atoms with E-state index in [9.17, 15) is 4.79 Å². The number of rotatable bonds is 7. The second-order valence-corrected chi connectivity index (χ2v) is 5.65. The van der Waals surface area contributed by atoms with Gasteiger partial charge in [-0.2, -0.15) is 5.10 Å². The lowest BCUT2D eigenvalue weighted by molar-refractivity contribution is 0.0954. The maximum atomic E-state index is 12.4. The first-order valence-electron chi connectivity index (χ1n) is 7.91. The zero-order chi connectivity index (χ0) is 16.1. The lowest BCUT2D eigenvalue weighted by Crippen LogP contribution is -2.25. The summed E-state index contributed by atoms with van der Waals surface area (Å²) in [6.07, 6.45) is 4.51. The van der Waals surface area contributed by atoms with Crippen molar-refractivity contribution in [2.24, 2.45) is 5.73 Å². The number of hydrogen-bond donors (Lipinski definition) is 2. The Morgan fingerprint density at radius 2 is 2.23 bits per heavy atom. The molecular weight excluding hydrogens is 278 g/mol. The van der Waals surface area contributed by atoms with Crippen LogP contribution in [0, 0.1) is 6.92 Å². The van der Waals surface area contributed by atoms with Crippen LogP contribution in [0.25, 0.3) is 11.0 Å². The number of carbonyl (C=O) groups excluding carboxylic acids is 1. The fourth-order valence-electron chi connectivity index (χ4n) is 2.39. The van der Waals surface area contributed by atoms with Crippen LogP contribution in [0.5, 0.6) is 0 Å². The van der Waals surface area contributed by atoms with E-state index in [1.54, 1.807) is 6.20 Å². The predicted molar refractivity (Wildman–Crippen MR) is 87.9 cm³/mol. The van der Waals surface area contributed by atoms with Gasteiger partial charge in [0.2, 0.25) is 0 Å². The molecule has 0 spiro atoms. The molecule has 1 atom stereocenters. The molecule has 6 nitrogen and oxygen atoms in total. The molecule has 0 bridgehead atoms. The molecular formula is C16H25N5O. The van der Waals surface area contributed by atoms with Crippen LogP contribution >= 0.6 is 0 Å². The second-order valence-electron chi connectivity index (χ2n) is 5.65. The van der Waals surface area contributed by atoms with E-state index in [0.29, 0.717) is 18.7 Å². The Labute approximate surface area is 131 Å². The van der Waals surface area contributed by atoms with E-state index in [1.807, 2.05) is 17.7 Å². The summed E-state index contributed by atoms with van der Waals surface area (Å²) in [5.74, 6) is -0.0729. The van der Waals surface area contributed by atoms with Crippen LogP contribution in [0.3, 0.4) is 0 Å². The van der Waals surface area contributed by atoms with Crippen molar-refractivity contribution >= 4 is 16.9 Å². The number of unbranched alkanes of at least 4 members (excludes halogenated alkanes) is 1. The van der Waals surface area contributed by atoms with Crippen LogP contribution < -0.4 is 11.1 Å². The summed E-state index contributed by atoms with van der Waals surface area (Å²) in [5.41, 5.74) is 7.71. The van der Waals surface area contributed by atoms with Crippen molar-refractivity contribution in [3.63, 3.8) is 0 Å². The third-order valence-corrected chi connectivity index (χ3v) is 3.86. The van der Waals surface area contributed by atoms with E-state index in [2.05, 4.69) is 29.2 Å². The molecule has 2 rings (SSSR count). The molecule has 0 fully saturated rings. The number of carbonyl (C=O) groups is 1. The number of nitrogens with zero attached hydrogens (tertiary/aromatic N) is 3. The fourth-order valence-corrected chi connectivity index (χ4v) is 2.39. The molecule has 2 aromatic heterocycles. The summed E-state index contributed by atoms with van der Waals surface area (Å²) in [7, 11) is 0. The third-order valence-electron chi connectivity index (χ3n) is 3.86. The smallest absolute Gasteiger partial charge is 0.252 e. The molecule has 6 heteroatoms. The SMILES string of the molecule is CCC(C)n1ncc2c(C(=O)NCCCCN)cc(C)nc21. The standard InChI is InChI=1S/C16H25N5O/c1-4-12(3)21-15-14(10-19-21)13(9-11(2)20-15)16(22)18-8-6-5-7-17/h9-10,12H,4-8,17H2,1-3H3,(H,18,22). The topological polar surface area (TPSA) is 85.8 Å². The monoisotopic (exact) mass is 303 g/mol. The van der Waals surface area contributed by atoms with Crippen molar-refractivity contribution < 1.29 is 4.79 Å². The Morgan fingerprint density at radius 1 is 1.45 bits per heavy atom.